The van der Waals surface area contributed by atoms with E-state index < -0.39 is 4.92 Å². The van der Waals surface area contributed by atoms with Gasteiger partial charge in [-0.05, 0) is 12.1 Å². The number of halogens is 1. The summed E-state index contributed by atoms with van der Waals surface area (Å²) in [6.07, 6.45) is 0.928. The largest absolute Gasteiger partial charge is 0.370 e. The van der Waals surface area contributed by atoms with Crippen LogP contribution in [0.25, 0.3) is 0 Å². The monoisotopic (exact) mass is 382 g/mol. The van der Waals surface area contributed by atoms with Gasteiger partial charge in [0.2, 0.25) is 0 Å². The summed E-state index contributed by atoms with van der Waals surface area (Å²) < 4.78 is 0. The Bertz CT molecular complexity index is 440. The summed E-state index contributed by atoms with van der Waals surface area (Å²) in [4.78, 5) is 12.3. The molecular formula is C11H19BrN4O2S2. The maximum Gasteiger partial charge on any atom is 0.274 e. The second-order valence-electron chi connectivity index (χ2n) is 3.63. The van der Waals surface area contributed by atoms with Gasteiger partial charge in [0.15, 0.2) is 5.82 Å². The van der Waals surface area contributed by atoms with Crippen LogP contribution in [-0.4, -0.2) is 24.3 Å². The van der Waals surface area contributed by atoms with Crippen molar-refractivity contribution in [2.45, 2.75) is 12.3 Å². The third-order valence-electron chi connectivity index (χ3n) is 2.23. The lowest BCUT2D eigenvalue weighted by atomic mass is 10.4. The lowest BCUT2D eigenvalue weighted by molar-refractivity contribution is -0.404. The van der Waals surface area contributed by atoms with Gasteiger partial charge in [-0.3, -0.25) is 10.1 Å². The van der Waals surface area contributed by atoms with Gasteiger partial charge in [0.25, 0.3) is 6.20 Å². The van der Waals surface area contributed by atoms with Crippen molar-refractivity contribution in [3.8, 4) is 0 Å². The van der Waals surface area contributed by atoms with E-state index in [0.29, 0.717) is 18.9 Å². The minimum absolute atomic E-state index is 0. The first-order valence-electron chi connectivity index (χ1n) is 5.78. The van der Waals surface area contributed by atoms with Gasteiger partial charge < -0.3 is 16.4 Å². The molecule has 0 radical (unpaired) electrons. The SMILES string of the molecule is Br.CNC(=C[N+](=O)[O-])NCCSCc1ccc(CN)s1. The van der Waals surface area contributed by atoms with Crippen LogP contribution in [0.3, 0.4) is 0 Å². The van der Waals surface area contributed by atoms with Crippen LogP contribution in [0.1, 0.15) is 9.75 Å². The van der Waals surface area contributed by atoms with Crippen LogP contribution in [0.15, 0.2) is 24.2 Å². The Hall–Kier alpha value is -0.770. The lowest BCUT2D eigenvalue weighted by Crippen LogP contribution is -2.26. The van der Waals surface area contributed by atoms with Crippen LogP contribution < -0.4 is 16.4 Å². The summed E-state index contributed by atoms with van der Waals surface area (Å²) in [7, 11) is 1.65. The van der Waals surface area contributed by atoms with Crippen molar-refractivity contribution in [3.05, 3.63) is 44.0 Å². The molecule has 114 valence electrons. The summed E-state index contributed by atoms with van der Waals surface area (Å²) in [6.45, 7) is 1.27. The molecule has 6 nitrogen and oxygen atoms in total. The average molecular weight is 383 g/mol. The fourth-order valence-electron chi connectivity index (χ4n) is 1.34. The fourth-order valence-corrected chi connectivity index (χ4v) is 3.21. The van der Waals surface area contributed by atoms with Crippen LogP contribution in [-0.2, 0) is 12.3 Å². The highest BCUT2D eigenvalue weighted by atomic mass is 79.9. The molecule has 1 aromatic heterocycles. The molecule has 0 saturated heterocycles. The second kappa shape index (κ2) is 11.0. The normalized spacial score (nSPS) is 10.8. The van der Waals surface area contributed by atoms with Crippen molar-refractivity contribution in [3.63, 3.8) is 0 Å². The topological polar surface area (TPSA) is 93.2 Å². The van der Waals surface area contributed by atoms with Crippen molar-refractivity contribution in [2.75, 3.05) is 19.3 Å². The number of hydrogen-bond donors (Lipinski definition) is 3. The van der Waals surface area contributed by atoms with Gasteiger partial charge in [-0.1, -0.05) is 0 Å². The molecule has 0 amide bonds. The molecule has 0 spiro atoms. The standard InChI is InChI=1S/C11H18N4O2S2.BrH/c1-13-11(7-15(16)17)14-4-5-18-8-10-3-2-9(6-12)19-10;/h2-3,7,13-14H,4-6,8,12H2,1H3;1H. The fraction of sp³-hybridized carbons (Fsp3) is 0.455. The van der Waals surface area contributed by atoms with Crippen LogP contribution in [0.2, 0.25) is 0 Å². The molecular weight excluding hydrogens is 364 g/mol. The second-order valence-corrected chi connectivity index (χ2v) is 5.99. The van der Waals surface area contributed by atoms with Crippen molar-refractivity contribution >= 4 is 40.1 Å². The van der Waals surface area contributed by atoms with Crippen LogP contribution in [0.5, 0.6) is 0 Å². The zero-order valence-electron chi connectivity index (χ0n) is 11.1. The Kier molecular flexibility index (Phi) is 10.5. The van der Waals surface area contributed by atoms with E-state index in [1.165, 1.54) is 9.75 Å². The molecule has 0 aliphatic heterocycles. The summed E-state index contributed by atoms with van der Waals surface area (Å²) in [5.41, 5.74) is 5.55. The summed E-state index contributed by atoms with van der Waals surface area (Å²) in [5, 5.41) is 16.0. The molecule has 0 atom stereocenters. The average Bonchev–Trinajstić information content (AvgIpc) is 2.84. The van der Waals surface area contributed by atoms with Crippen molar-refractivity contribution in [1.29, 1.82) is 0 Å². The molecule has 0 aliphatic carbocycles. The van der Waals surface area contributed by atoms with E-state index in [1.807, 2.05) is 0 Å². The molecule has 9 heteroatoms. The maximum atomic E-state index is 10.3. The van der Waals surface area contributed by atoms with E-state index in [-0.39, 0.29) is 17.0 Å². The Labute approximate surface area is 137 Å². The predicted molar refractivity (Wildman–Crippen MR) is 90.8 cm³/mol. The molecule has 1 rings (SSSR count). The molecule has 0 aliphatic rings. The van der Waals surface area contributed by atoms with Gasteiger partial charge in [-0.15, -0.1) is 28.3 Å². The molecule has 1 heterocycles. The Morgan fingerprint density at radius 2 is 2.25 bits per heavy atom. The molecule has 0 aromatic carbocycles. The molecule has 20 heavy (non-hydrogen) atoms. The van der Waals surface area contributed by atoms with Gasteiger partial charge in [0.1, 0.15) is 0 Å². The molecule has 1 aromatic rings. The van der Waals surface area contributed by atoms with E-state index in [1.54, 1.807) is 30.1 Å². The third kappa shape index (κ3) is 7.73. The Morgan fingerprint density at radius 3 is 2.80 bits per heavy atom. The first-order valence-corrected chi connectivity index (χ1v) is 7.75. The van der Waals surface area contributed by atoms with Crippen LogP contribution in [0, 0.1) is 10.1 Å². The Balaban J connectivity index is 0.00000361. The van der Waals surface area contributed by atoms with Crippen molar-refractivity contribution in [1.82, 2.24) is 10.6 Å². The number of thiophene rings is 1. The Morgan fingerprint density at radius 1 is 1.55 bits per heavy atom. The zero-order valence-corrected chi connectivity index (χ0v) is 14.5. The van der Waals surface area contributed by atoms with E-state index in [4.69, 9.17) is 5.73 Å². The first kappa shape index (κ1) is 19.2. The smallest absolute Gasteiger partial charge is 0.274 e. The number of nitrogens with zero attached hydrogens (tertiary/aromatic N) is 1. The molecule has 0 fully saturated rings. The van der Waals surface area contributed by atoms with E-state index in [2.05, 4.69) is 22.8 Å². The van der Waals surface area contributed by atoms with Gasteiger partial charge in [-0.2, -0.15) is 11.8 Å². The molecule has 0 saturated carbocycles. The highest BCUT2D eigenvalue weighted by Gasteiger charge is 2.01. The highest BCUT2D eigenvalue weighted by Crippen LogP contribution is 2.20. The number of nitrogens with two attached hydrogens (primary N) is 1. The number of nitro groups is 1. The third-order valence-corrected chi connectivity index (χ3v) is 4.53. The summed E-state index contributed by atoms with van der Waals surface area (Å²) in [5.74, 6) is 2.25. The minimum atomic E-state index is -0.480. The summed E-state index contributed by atoms with van der Waals surface area (Å²) in [6, 6.07) is 4.15. The van der Waals surface area contributed by atoms with Gasteiger partial charge in [0.05, 0.1) is 4.92 Å². The molecule has 4 N–H and O–H groups in total. The van der Waals surface area contributed by atoms with Gasteiger partial charge >= 0.3 is 0 Å². The number of rotatable bonds is 9. The van der Waals surface area contributed by atoms with Crippen molar-refractivity contribution in [2.24, 2.45) is 5.73 Å². The summed E-state index contributed by atoms with van der Waals surface area (Å²) >= 11 is 3.51. The first-order chi connectivity index (χ1) is 9.15. The van der Waals surface area contributed by atoms with Crippen molar-refractivity contribution < 1.29 is 4.92 Å². The minimum Gasteiger partial charge on any atom is -0.370 e. The van der Waals surface area contributed by atoms with Gasteiger partial charge in [0, 0.05) is 41.4 Å². The highest BCUT2D eigenvalue weighted by molar-refractivity contribution is 8.93. The van der Waals surface area contributed by atoms with E-state index >= 15 is 0 Å². The predicted octanol–water partition coefficient (Wildman–Crippen LogP) is 1.90. The van der Waals surface area contributed by atoms with E-state index in [0.717, 1.165) is 17.7 Å². The van der Waals surface area contributed by atoms with E-state index in [9.17, 15) is 10.1 Å². The molecule has 0 bridgehead atoms. The van der Waals surface area contributed by atoms with Crippen LogP contribution in [0.4, 0.5) is 0 Å². The lowest BCUT2D eigenvalue weighted by Gasteiger charge is -2.07. The van der Waals surface area contributed by atoms with Crippen LogP contribution >= 0.6 is 40.1 Å². The van der Waals surface area contributed by atoms with Gasteiger partial charge in [-0.25, -0.2) is 0 Å². The zero-order chi connectivity index (χ0) is 14.1. The number of hydrogen-bond acceptors (Lipinski definition) is 7. The number of thioether (sulfide) groups is 1. The quantitative estimate of drug-likeness (QED) is 0.343. The maximum absolute atomic E-state index is 10.3. The molecule has 0 unspecified atom stereocenters. The number of nitrogens with one attached hydrogen (secondary N) is 2.